The van der Waals surface area contributed by atoms with Gasteiger partial charge in [-0.3, -0.25) is 14.4 Å². The van der Waals surface area contributed by atoms with Crippen LogP contribution in [0.1, 0.15) is 77.0 Å². The lowest BCUT2D eigenvalue weighted by atomic mass is 9.85. The van der Waals surface area contributed by atoms with Crippen LogP contribution in [0.2, 0.25) is 0 Å². The minimum atomic E-state index is -0.773. The van der Waals surface area contributed by atoms with Gasteiger partial charge < -0.3 is 24.1 Å². The number of carbonyl (C=O) groups is 4. The lowest BCUT2D eigenvalue weighted by molar-refractivity contribution is -0.163. The molecule has 9 heteroatoms. The average molecular weight is 481 g/mol. The van der Waals surface area contributed by atoms with Gasteiger partial charge in [-0.05, 0) is 77.0 Å². The number of ether oxygens (including phenoxy) is 4. The SMILES string of the molecule is C=CC(=O)OCOC1CCC(C(=O)OC2CCC(C(=O)OC3CCC(C(=O)O)CC3)CC2)CC1. The first-order chi connectivity index (χ1) is 16.4. The Bertz CT molecular complexity index is 725. The summed E-state index contributed by atoms with van der Waals surface area (Å²) < 4.78 is 21.7. The average Bonchev–Trinajstić information content (AvgIpc) is 2.85. The molecule has 0 aromatic rings. The van der Waals surface area contributed by atoms with Crippen molar-refractivity contribution >= 4 is 23.9 Å². The molecule has 3 rings (SSSR count). The van der Waals surface area contributed by atoms with Gasteiger partial charge in [-0.1, -0.05) is 6.58 Å². The van der Waals surface area contributed by atoms with Gasteiger partial charge in [0.25, 0.3) is 0 Å². The number of hydrogen-bond donors (Lipinski definition) is 1. The zero-order valence-electron chi connectivity index (χ0n) is 19.7. The van der Waals surface area contributed by atoms with E-state index in [1.54, 1.807) is 0 Å². The molecule has 0 atom stereocenters. The van der Waals surface area contributed by atoms with Crippen LogP contribution < -0.4 is 0 Å². The van der Waals surface area contributed by atoms with E-state index in [1.165, 1.54) is 0 Å². The van der Waals surface area contributed by atoms with E-state index in [9.17, 15) is 19.2 Å². The normalized spacial score (nSPS) is 31.6. The highest BCUT2D eigenvalue weighted by atomic mass is 16.7. The van der Waals surface area contributed by atoms with Crippen molar-refractivity contribution in [2.24, 2.45) is 17.8 Å². The van der Waals surface area contributed by atoms with Crippen molar-refractivity contribution < 1.29 is 43.2 Å². The molecule has 0 aliphatic heterocycles. The molecule has 3 aliphatic carbocycles. The fourth-order valence-electron chi connectivity index (χ4n) is 5.08. The van der Waals surface area contributed by atoms with Gasteiger partial charge in [-0.2, -0.15) is 0 Å². The molecule has 1 N–H and O–H groups in total. The standard InChI is InChI=1S/C25H36O9/c1-2-22(26)32-15-31-19-9-5-17(6-10-19)24(29)34-21-13-7-18(8-14-21)25(30)33-20-11-3-16(4-12-20)23(27)28/h2,16-21H,1,3-15H2,(H,27,28). The van der Waals surface area contributed by atoms with Crippen LogP contribution in [0.5, 0.6) is 0 Å². The summed E-state index contributed by atoms with van der Waals surface area (Å²) in [5, 5.41) is 9.08. The molecule has 0 aromatic heterocycles. The summed E-state index contributed by atoms with van der Waals surface area (Å²) in [6.07, 6.45) is 8.29. The Morgan fingerprint density at radius 3 is 1.50 bits per heavy atom. The van der Waals surface area contributed by atoms with Crippen molar-refractivity contribution in [3.05, 3.63) is 12.7 Å². The van der Waals surface area contributed by atoms with Crippen molar-refractivity contribution in [1.29, 1.82) is 0 Å². The van der Waals surface area contributed by atoms with Crippen LogP contribution in [0.15, 0.2) is 12.7 Å². The summed E-state index contributed by atoms with van der Waals surface area (Å²) >= 11 is 0. The summed E-state index contributed by atoms with van der Waals surface area (Å²) in [5.41, 5.74) is 0. The number of hydrogen-bond acceptors (Lipinski definition) is 8. The molecule has 34 heavy (non-hydrogen) atoms. The topological polar surface area (TPSA) is 125 Å². The molecule has 3 aliphatic rings. The third kappa shape index (κ3) is 7.82. The van der Waals surface area contributed by atoms with Crippen LogP contribution in [0.3, 0.4) is 0 Å². The third-order valence-corrected chi connectivity index (χ3v) is 7.28. The Labute approximate surface area is 200 Å². The highest BCUT2D eigenvalue weighted by Crippen LogP contribution is 2.33. The monoisotopic (exact) mass is 480 g/mol. The number of carboxylic acids is 1. The Balaban J connectivity index is 1.29. The van der Waals surface area contributed by atoms with E-state index in [4.69, 9.17) is 24.1 Å². The largest absolute Gasteiger partial charge is 0.481 e. The van der Waals surface area contributed by atoms with Gasteiger partial charge in [0, 0.05) is 6.08 Å². The highest BCUT2D eigenvalue weighted by Gasteiger charge is 2.34. The first-order valence-electron chi connectivity index (χ1n) is 12.4. The number of carboxylic acid groups (broad SMARTS) is 1. The maximum Gasteiger partial charge on any atom is 0.332 e. The maximum absolute atomic E-state index is 12.6. The molecule has 0 spiro atoms. The lowest BCUT2D eigenvalue weighted by Gasteiger charge is -2.32. The summed E-state index contributed by atoms with van der Waals surface area (Å²) in [6.45, 7) is 3.21. The van der Waals surface area contributed by atoms with Crippen LogP contribution in [0.4, 0.5) is 0 Å². The van der Waals surface area contributed by atoms with Gasteiger partial charge in [-0.15, -0.1) is 0 Å². The fraction of sp³-hybridized carbons (Fsp3) is 0.760. The van der Waals surface area contributed by atoms with E-state index in [0.29, 0.717) is 77.0 Å². The summed E-state index contributed by atoms with van der Waals surface area (Å²) in [7, 11) is 0. The van der Waals surface area contributed by atoms with Crippen molar-refractivity contribution in [1.82, 2.24) is 0 Å². The summed E-state index contributed by atoms with van der Waals surface area (Å²) in [6, 6.07) is 0. The van der Waals surface area contributed by atoms with Crippen molar-refractivity contribution in [3.8, 4) is 0 Å². The van der Waals surface area contributed by atoms with E-state index in [-0.39, 0.29) is 54.8 Å². The van der Waals surface area contributed by atoms with E-state index < -0.39 is 11.9 Å². The van der Waals surface area contributed by atoms with Crippen LogP contribution in [-0.2, 0) is 38.1 Å². The van der Waals surface area contributed by atoms with Gasteiger partial charge in [0.05, 0.1) is 23.9 Å². The van der Waals surface area contributed by atoms with Gasteiger partial charge in [0.15, 0.2) is 6.79 Å². The van der Waals surface area contributed by atoms with E-state index in [2.05, 4.69) is 6.58 Å². The fourth-order valence-corrected chi connectivity index (χ4v) is 5.08. The number of aliphatic carboxylic acids is 1. The molecular weight excluding hydrogens is 444 g/mol. The second-order valence-corrected chi connectivity index (χ2v) is 9.58. The van der Waals surface area contributed by atoms with E-state index >= 15 is 0 Å². The molecule has 9 nitrogen and oxygen atoms in total. The Kier molecular flexibility index (Phi) is 9.92. The molecule has 3 saturated carbocycles. The van der Waals surface area contributed by atoms with Crippen molar-refractivity contribution in [3.63, 3.8) is 0 Å². The molecule has 0 saturated heterocycles. The van der Waals surface area contributed by atoms with Gasteiger partial charge >= 0.3 is 23.9 Å². The van der Waals surface area contributed by atoms with Gasteiger partial charge in [-0.25, -0.2) is 4.79 Å². The molecule has 190 valence electrons. The van der Waals surface area contributed by atoms with Crippen molar-refractivity contribution in [2.75, 3.05) is 6.79 Å². The summed E-state index contributed by atoms with van der Waals surface area (Å²) in [5.74, 6) is -2.36. The predicted molar refractivity (Wildman–Crippen MR) is 119 cm³/mol. The van der Waals surface area contributed by atoms with Gasteiger partial charge in [0.2, 0.25) is 0 Å². The first kappa shape index (κ1) is 26.2. The zero-order chi connectivity index (χ0) is 24.5. The predicted octanol–water partition coefficient (Wildman–Crippen LogP) is 3.54. The summed E-state index contributed by atoms with van der Waals surface area (Å²) in [4.78, 5) is 47.2. The Morgan fingerprint density at radius 1 is 0.676 bits per heavy atom. The molecule has 0 amide bonds. The molecule has 0 aromatic carbocycles. The van der Waals surface area contributed by atoms with Crippen LogP contribution in [0, 0.1) is 17.8 Å². The lowest BCUT2D eigenvalue weighted by Crippen LogP contribution is -2.34. The van der Waals surface area contributed by atoms with E-state index in [0.717, 1.165) is 6.08 Å². The first-order valence-corrected chi connectivity index (χ1v) is 12.4. The van der Waals surface area contributed by atoms with Crippen LogP contribution in [-0.4, -0.2) is 54.1 Å². The number of esters is 3. The second kappa shape index (κ2) is 12.9. The second-order valence-electron chi connectivity index (χ2n) is 9.58. The third-order valence-electron chi connectivity index (χ3n) is 7.28. The van der Waals surface area contributed by atoms with E-state index in [1.807, 2.05) is 0 Å². The molecule has 0 radical (unpaired) electrons. The Hall–Kier alpha value is -2.42. The highest BCUT2D eigenvalue weighted by molar-refractivity contribution is 5.81. The molecule has 0 unspecified atom stereocenters. The zero-order valence-corrected chi connectivity index (χ0v) is 19.7. The number of rotatable bonds is 9. The maximum atomic E-state index is 12.6. The quantitative estimate of drug-likeness (QED) is 0.228. The van der Waals surface area contributed by atoms with Gasteiger partial charge in [0.1, 0.15) is 12.2 Å². The molecular formula is C25H36O9. The minimum Gasteiger partial charge on any atom is -0.481 e. The van der Waals surface area contributed by atoms with Crippen LogP contribution in [0.25, 0.3) is 0 Å². The molecule has 0 heterocycles. The Morgan fingerprint density at radius 2 is 1.09 bits per heavy atom. The molecule has 3 fully saturated rings. The van der Waals surface area contributed by atoms with Crippen LogP contribution >= 0.6 is 0 Å². The van der Waals surface area contributed by atoms with Crippen molar-refractivity contribution in [2.45, 2.75) is 95.4 Å². The minimum absolute atomic E-state index is 0.0395. The number of carbonyl (C=O) groups excluding carboxylic acids is 3. The smallest absolute Gasteiger partial charge is 0.332 e. The molecule has 0 bridgehead atoms.